The van der Waals surface area contributed by atoms with Crippen LogP contribution in [0.25, 0.3) is 0 Å². The fourth-order valence-corrected chi connectivity index (χ4v) is 4.25. The first-order chi connectivity index (χ1) is 16.9. The van der Waals surface area contributed by atoms with Crippen LogP contribution in [-0.2, 0) is 4.79 Å². The van der Waals surface area contributed by atoms with Crippen LogP contribution < -0.4 is 19.7 Å². The van der Waals surface area contributed by atoms with Gasteiger partial charge in [-0.3, -0.25) is 14.6 Å². The zero-order chi connectivity index (χ0) is 24.9. The summed E-state index contributed by atoms with van der Waals surface area (Å²) in [7, 11) is 3.08. The molecule has 3 aromatic rings. The number of piperazine rings is 1. The van der Waals surface area contributed by atoms with Crippen molar-refractivity contribution in [2.75, 3.05) is 44.1 Å². The predicted octanol–water partition coefficient (Wildman–Crippen LogP) is 4.80. The van der Waals surface area contributed by atoms with Gasteiger partial charge in [-0.2, -0.15) is 0 Å². The number of anilines is 2. The molecule has 0 saturated carbocycles. The van der Waals surface area contributed by atoms with Gasteiger partial charge in [0.15, 0.2) is 0 Å². The van der Waals surface area contributed by atoms with Gasteiger partial charge in [-0.25, -0.2) is 0 Å². The van der Waals surface area contributed by atoms with E-state index in [-0.39, 0.29) is 30.8 Å². The van der Waals surface area contributed by atoms with Crippen molar-refractivity contribution in [3.8, 4) is 11.5 Å². The standard InChI is InChI=1S/C25H24Cl2N4O4.ClH/c1-34-18-6-3-16(4-7-18)29-24(32)22-15-30(25(33)19-14-28-10-9-23(19)35-2)11-12-31(22)17-5-8-20(26)21(27)13-17;/h3-10,13-14,22H,11-12,15H2,1-2H3,(H,29,32);1H/t22-;/m0./s1. The predicted molar refractivity (Wildman–Crippen MR) is 143 cm³/mol. The number of ether oxygens (including phenoxy) is 2. The van der Waals surface area contributed by atoms with Gasteiger partial charge in [0, 0.05) is 36.9 Å². The van der Waals surface area contributed by atoms with Crippen molar-refractivity contribution < 1.29 is 19.1 Å². The molecule has 1 aromatic heterocycles. The Morgan fingerprint density at radius 2 is 1.75 bits per heavy atom. The summed E-state index contributed by atoms with van der Waals surface area (Å²) in [6.45, 7) is 0.954. The molecule has 0 aliphatic carbocycles. The van der Waals surface area contributed by atoms with Gasteiger partial charge in [0.25, 0.3) is 5.91 Å². The highest BCUT2D eigenvalue weighted by atomic mass is 35.5. The summed E-state index contributed by atoms with van der Waals surface area (Å²) in [4.78, 5) is 34.4. The summed E-state index contributed by atoms with van der Waals surface area (Å²) in [5.74, 6) is 0.583. The summed E-state index contributed by atoms with van der Waals surface area (Å²) in [6.07, 6.45) is 3.03. The third-order valence-electron chi connectivity index (χ3n) is 5.79. The number of carbonyl (C=O) groups excluding carboxylic acids is 2. The minimum absolute atomic E-state index is 0. The van der Waals surface area contributed by atoms with Gasteiger partial charge in [-0.05, 0) is 48.5 Å². The Labute approximate surface area is 225 Å². The van der Waals surface area contributed by atoms with Crippen LogP contribution in [0.3, 0.4) is 0 Å². The lowest BCUT2D eigenvalue weighted by Crippen LogP contribution is -2.59. The Hall–Kier alpha value is -3.20. The molecule has 0 radical (unpaired) electrons. The number of benzene rings is 2. The lowest BCUT2D eigenvalue weighted by Gasteiger charge is -2.42. The zero-order valence-corrected chi connectivity index (χ0v) is 21.9. The van der Waals surface area contributed by atoms with E-state index in [0.717, 1.165) is 5.69 Å². The molecule has 0 unspecified atom stereocenters. The molecule has 1 atom stereocenters. The minimum Gasteiger partial charge on any atom is -0.497 e. The molecule has 2 amide bonds. The topological polar surface area (TPSA) is 84.0 Å². The van der Waals surface area contributed by atoms with Crippen LogP contribution in [0.2, 0.25) is 10.0 Å². The average Bonchev–Trinajstić information content (AvgIpc) is 2.90. The summed E-state index contributed by atoms with van der Waals surface area (Å²) >= 11 is 12.4. The normalized spacial score (nSPS) is 15.1. The SMILES string of the molecule is COc1ccc(NC(=O)[C@@H]2CN(C(=O)c3cnccc3OC)CCN2c2ccc(Cl)c(Cl)c2)cc1.Cl. The summed E-state index contributed by atoms with van der Waals surface area (Å²) in [5.41, 5.74) is 1.69. The first-order valence-electron chi connectivity index (χ1n) is 10.8. The van der Waals surface area contributed by atoms with Crippen molar-refractivity contribution in [3.63, 3.8) is 0 Å². The Balaban J connectivity index is 0.00000361. The maximum Gasteiger partial charge on any atom is 0.259 e. The third kappa shape index (κ3) is 5.95. The third-order valence-corrected chi connectivity index (χ3v) is 6.53. The van der Waals surface area contributed by atoms with Crippen molar-refractivity contribution in [1.82, 2.24) is 9.88 Å². The Morgan fingerprint density at radius 3 is 2.42 bits per heavy atom. The molecule has 1 N–H and O–H groups in total. The number of hydrogen-bond donors (Lipinski definition) is 1. The van der Waals surface area contributed by atoms with E-state index in [9.17, 15) is 9.59 Å². The van der Waals surface area contributed by atoms with Gasteiger partial charge in [-0.15, -0.1) is 12.4 Å². The van der Waals surface area contributed by atoms with Crippen LogP contribution in [0.15, 0.2) is 60.9 Å². The van der Waals surface area contributed by atoms with E-state index in [1.807, 2.05) is 11.0 Å². The van der Waals surface area contributed by atoms with Gasteiger partial charge < -0.3 is 24.6 Å². The van der Waals surface area contributed by atoms with Gasteiger partial charge in [0.1, 0.15) is 17.5 Å². The first-order valence-corrected chi connectivity index (χ1v) is 11.6. The Bertz CT molecular complexity index is 1230. The molecule has 36 heavy (non-hydrogen) atoms. The molecule has 1 saturated heterocycles. The van der Waals surface area contributed by atoms with E-state index in [0.29, 0.717) is 45.9 Å². The van der Waals surface area contributed by atoms with Crippen LogP contribution in [0.5, 0.6) is 11.5 Å². The number of nitrogens with one attached hydrogen (secondary N) is 1. The number of carbonyl (C=O) groups is 2. The maximum atomic E-state index is 13.5. The van der Waals surface area contributed by atoms with Crippen molar-refractivity contribution in [2.45, 2.75) is 6.04 Å². The number of rotatable bonds is 6. The second-order valence-electron chi connectivity index (χ2n) is 7.85. The number of aromatic nitrogens is 1. The molecule has 4 rings (SSSR count). The number of halogens is 3. The highest BCUT2D eigenvalue weighted by molar-refractivity contribution is 6.42. The molecule has 0 bridgehead atoms. The van der Waals surface area contributed by atoms with Crippen LogP contribution in [0, 0.1) is 0 Å². The fourth-order valence-electron chi connectivity index (χ4n) is 3.96. The smallest absolute Gasteiger partial charge is 0.259 e. The maximum absolute atomic E-state index is 13.5. The molecule has 0 spiro atoms. The van der Waals surface area contributed by atoms with Crippen molar-refractivity contribution in [1.29, 1.82) is 0 Å². The lowest BCUT2D eigenvalue weighted by atomic mass is 10.1. The largest absolute Gasteiger partial charge is 0.497 e. The number of hydrogen-bond acceptors (Lipinski definition) is 6. The summed E-state index contributed by atoms with van der Waals surface area (Å²) < 4.78 is 10.5. The zero-order valence-electron chi connectivity index (χ0n) is 19.6. The van der Waals surface area contributed by atoms with Crippen molar-refractivity contribution in [2.24, 2.45) is 0 Å². The molecule has 1 aliphatic heterocycles. The first kappa shape index (κ1) is 27.4. The van der Waals surface area contributed by atoms with Gasteiger partial charge in [0.05, 0.1) is 36.4 Å². The quantitative estimate of drug-likeness (QED) is 0.474. The molecular weight excluding hydrogens is 527 g/mol. The molecule has 2 aromatic carbocycles. The molecule has 1 aliphatic rings. The number of pyridine rings is 1. The van der Waals surface area contributed by atoms with Crippen LogP contribution in [-0.4, -0.2) is 61.6 Å². The van der Waals surface area contributed by atoms with E-state index in [1.54, 1.807) is 60.7 Å². The fraction of sp³-hybridized carbons (Fsp3) is 0.240. The van der Waals surface area contributed by atoms with E-state index in [1.165, 1.54) is 13.3 Å². The van der Waals surface area contributed by atoms with Gasteiger partial charge in [-0.1, -0.05) is 23.2 Å². The molecule has 1 fully saturated rings. The molecule has 8 nitrogen and oxygen atoms in total. The number of nitrogens with zero attached hydrogens (tertiary/aromatic N) is 3. The van der Waals surface area contributed by atoms with Crippen LogP contribution >= 0.6 is 35.6 Å². The Morgan fingerprint density at radius 1 is 1.00 bits per heavy atom. The minimum atomic E-state index is -0.685. The highest BCUT2D eigenvalue weighted by Crippen LogP contribution is 2.30. The summed E-state index contributed by atoms with van der Waals surface area (Å²) in [5, 5.41) is 3.75. The van der Waals surface area contributed by atoms with Gasteiger partial charge >= 0.3 is 0 Å². The molecule has 11 heteroatoms. The van der Waals surface area contributed by atoms with Crippen LogP contribution in [0.4, 0.5) is 11.4 Å². The summed E-state index contributed by atoms with van der Waals surface area (Å²) in [6, 6.07) is 13.2. The molecule has 2 heterocycles. The second-order valence-corrected chi connectivity index (χ2v) is 8.67. The van der Waals surface area contributed by atoms with E-state index < -0.39 is 6.04 Å². The molecular formula is C25H25Cl3N4O4. The average molecular weight is 552 g/mol. The number of methoxy groups -OCH3 is 2. The lowest BCUT2D eigenvalue weighted by molar-refractivity contribution is -0.118. The monoisotopic (exact) mass is 550 g/mol. The Kier molecular flexibility index (Phi) is 9.25. The van der Waals surface area contributed by atoms with Crippen molar-refractivity contribution >= 4 is 58.8 Å². The van der Waals surface area contributed by atoms with Crippen LogP contribution in [0.1, 0.15) is 10.4 Å². The van der Waals surface area contributed by atoms with E-state index >= 15 is 0 Å². The number of amides is 2. The highest BCUT2D eigenvalue weighted by Gasteiger charge is 2.36. The van der Waals surface area contributed by atoms with Crippen molar-refractivity contribution in [3.05, 3.63) is 76.5 Å². The molecule has 190 valence electrons. The van der Waals surface area contributed by atoms with E-state index in [4.69, 9.17) is 32.7 Å². The van der Waals surface area contributed by atoms with Gasteiger partial charge in [0.2, 0.25) is 5.91 Å². The second kappa shape index (κ2) is 12.2. The van der Waals surface area contributed by atoms with E-state index in [2.05, 4.69) is 10.3 Å².